The second-order valence-corrected chi connectivity index (χ2v) is 4.47. The molecule has 0 aliphatic carbocycles. The van der Waals surface area contributed by atoms with E-state index in [2.05, 4.69) is 29.0 Å². The number of fused-ring (bicyclic) bond motifs is 1. The van der Waals surface area contributed by atoms with E-state index < -0.39 is 0 Å². The molecule has 3 nitrogen and oxygen atoms in total. The monoisotopic (exact) mass is 261 g/mol. The van der Waals surface area contributed by atoms with Crippen molar-refractivity contribution >= 4 is 16.6 Å². The maximum Gasteiger partial charge on any atom is 0.125 e. The summed E-state index contributed by atoms with van der Waals surface area (Å²) >= 11 is 0. The normalized spacial score (nSPS) is 11.2. The van der Waals surface area contributed by atoms with E-state index in [4.69, 9.17) is 0 Å². The highest BCUT2D eigenvalue weighted by Crippen LogP contribution is 2.21. The van der Waals surface area contributed by atoms with Crippen molar-refractivity contribution in [3.05, 3.63) is 36.3 Å². The molecule has 0 bridgehead atoms. The summed E-state index contributed by atoms with van der Waals surface area (Å²) in [4.78, 5) is 6.55. The molecule has 0 saturated heterocycles. The minimum absolute atomic E-state index is 0.250. The van der Waals surface area contributed by atoms with Crippen LogP contribution in [0.25, 0.3) is 10.9 Å². The third-order valence-electron chi connectivity index (χ3n) is 3.34. The average Bonchev–Trinajstić information content (AvgIpc) is 2.43. The highest BCUT2D eigenvalue weighted by Gasteiger charge is 2.03. The third-order valence-corrected chi connectivity index (χ3v) is 3.34. The summed E-state index contributed by atoms with van der Waals surface area (Å²) in [5.74, 6) is -0.250. The zero-order valence-corrected chi connectivity index (χ0v) is 11.5. The summed E-state index contributed by atoms with van der Waals surface area (Å²) < 4.78 is 13.2. The van der Waals surface area contributed by atoms with Crippen LogP contribution < -0.4 is 5.32 Å². The Labute approximate surface area is 113 Å². The number of likely N-dealkylation sites (N-methyl/N-ethyl adjacent to an activating group) is 1. The Morgan fingerprint density at radius 3 is 2.74 bits per heavy atom. The summed E-state index contributed by atoms with van der Waals surface area (Å²) in [6.07, 6.45) is 1.71. The first-order valence-electron chi connectivity index (χ1n) is 6.75. The molecule has 19 heavy (non-hydrogen) atoms. The number of nitrogens with zero attached hydrogens (tertiary/aromatic N) is 2. The molecule has 0 amide bonds. The lowest BCUT2D eigenvalue weighted by molar-refractivity contribution is 0.316. The molecule has 2 aromatic rings. The van der Waals surface area contributed by atoms with Gasteiger partial charge in [-0.25, -0.2) is 4.39 Å². The number of halogens is 1. The molecule has 0 saturated carbocycles. The molecule has 0 unspecified atom stereocenters. The van der Waals surface area contributed by atoms with Gasteiger partial charge in [0.25, 0.3) is 0 Å². The molecule has 2 rings (SSSR count). The van der Waals surface area contributed by atoms with E-state index >= 15 is 0 Å². The highest BCUT2D eigenvalue weighted by molar-refractivity contribution is 5.90. The van der Waals surface area contributed by atoms with Crippen molar-refractivity contribution in [2.45, 2.75) is 13.8 Å². The van der Waals surface area contributed by atoms with Crippen LogP contribution in [0.3, 0.4) is 0 Å². The minimum atomic E-state index is -0.250. The molecule has 0 spiro atoms. The maximum atomic E-state index is 13.2. The van der Waals surface area contributed by atoms with Gasteiger partial charge in [-0.15, -0.1) is 0 Å². The van der Waals surface area contributed by atoms with Gasteiger partial charge < -0.3 is 10.2 Å². The fraction of sp³-hybridized carbons (Fsp3) is 0.400. The first kappa shape index (κ1) is 13.7. The second kappa shape index (κ2) is 6.48. The zero-order chi connectivity index (χ0) is 13.7. The predicted molar refractivity (Wildman–Crippen MR) is 78.0 cm³/mol. The zero-order valence-electron chi connectivity index (χ0n) is 11.5. The molecule has 102 valence electrons. The topological polar surface area (TPSA) is 28.2 Å². The van der Waals surface area contributed by atoms with Crippen LogP contribution in [0.1, 0.15) is 13.8 Å². The third kappa shape index (κ3) is 3.41. The summed E-state index contributed by atoms with van der Waals surface area (Å²) in [5.41, 5.74) is 1.70. The highest BCUT2D eigenvalue weighted by atomic mass is 19.1. The first-order chi connectivity index (χ1) is 9.24. The maximum absolute atomic E-state index is 13.2. The van der Waals surface area contributed by atoms with Crippen molar-refractivity contribution in [3.63, 3.8) is 0 Å². The number of benzene rings is 1. The Morgan fingerprint density at radius 1 is 1.21 bits per heavy atom. The summed E-state index contributed by atoms with van der Waals surface area (Å²) in [6.45, 7) is 8.30. The van der Waals surface area contributed by atoms with E-state index in [1.165, 1.54) is 12.1 Å². The number of pyridine rings is 1. The Bertz CT molecular complexity index is 538. The van der Waals surface area contributed by atoms with Crippen LogP contribution in [-0.2, 0) is 0 Å². The molecule has 1 heterocycles. The van der Waals surface area contributed by atoms with Crippen LogP contribution in [0.4, 0.5) is 10.1 Å². The number of anilines is 1. The van der Waals surface area contributed by atoms with Crippen molar-refractivity contribution in [2.75, 3.05) is 31.5 Å². The van der Waals surface area contributed by atoms with E-state index in [1.54, 1.807) is 12.3 Å². The molecule has 0 radical (unpaired) electrons. The Morgan fingerprint density at radius 2 is 2.00 bits per heavy atom. The molecule has 1 N–H and O–H groups in total. The molecule has 1 aromatic carbocycles. The van der Waals surface area contributed by atoms with E-state index in [0.29, 0.717) is 5.52 Å². The van der Waals surface area contributed by atoms with Gasteiger partial charge in [-0.05, 0) is 31.3 Å². The van der Waals surface area contributed by atoms with Crippen molar-refractivity contribution in [1.82, 2.24) is 9.88 Å². The quantitative estimate of drug-likeness (QED) is 0.866. The summed E-state index contributed by atoms with van der Waals surface area (Å²) in [6, 6.07) is 6.64. The molecular weight excluding hydrogens is 241 g/mol. The smallest absolute Gasteiger partial charge is 0.125 e. The molecule has 0 aliphatic rings. The molecule has 1 aromatic heterocycles. The fourth-order valence-corrected chi connectivity index (χ4v) is 2.16. The first-order valence-corrected chi connectivity index (χ1v) is 6.75. The van der Waals surface area contributed by atoms with Gasteiger partial charge in [-0.3, -0.25) is 4.98 Å². The largest absolute Gasteiger partial charge is 0.383 e. The van der Waals surface area contributed by atoms with Crippen LogP contribution in [0.15, 0.2) is 30.5 Å². The molecule has 0 aliphatic heterocycles. The predicted octanol–water partition coefficient (Wildman–Crippen LogP) is 3.13. The average molecular weight is 261 g/mol. The van der Waals surface area contributed by atoms with Crippen molar-refractivity contribution in [1.29, 1.82) is 0 Å². The van der Waals surface area contributed by atoms with Crippen LogP contribution in [0.2, 0.25) is 0 Å². The molecule has 4 heteroatoms. The van der Waals surface area contributed by atoms with E-state index in [1.807, 2.05) is 6.07 Å². The second-order valence-electron chi connectivity index (χ2n) is 4.47. The standard InChI is InChI=1S/C15H20FN3/c1-3-19(4-2)10-9-18-14-7-8-17-15-11-12(16)5-6-13(14)15/h5-8,11H,3-4,9-10H2,1-2H3,(H,17,18). The van der Waals surface area contributed by atoms with Gasteiger partial charge in [0.05, 0.1) is 5.52 Å². The van der Waals surface area contributed by atoms with Gasteiger partial charge in [0.15, 0.2) is 0 Å². The fourth-order valence-electron chi connectivity index (χ4n) is 2.16. The van der Waals surface area contributed by atoms with Crippen molar-refractivity contribution < 1.29 is 4.39 Å². The van der Waals surface area contributed by atoms with Crippen LogP contribution in [-0.4, -0.2) is 36.1 Å². The Balaban J connectivity index is 2.08. The lowest BCUT2D eigenvalue weighted by atomic mass is 10.2. The van der Waals surface area contributed by atoms with Gasteiger partial charge in [0.2, 0.25) is 0 Å². The lowest BCUT2D eigenvalue weighted by Crippen LogP contribution is -2.28. The van der Waals surface area contributed by atoms with Crippen molar-refractivity contribution in [3.8, 4) is 0 Å². The molecular formula is C15H20FN3. The van der Waals surface area contributed by atoms with Crippen LogP contribution >= 0.6 is 0 Å². The number of nitrogens with one attached hydrogen (secondary N) is 1. The van der Waals surface area contributed by atoms with Gasteiger partial charge >= 0.3 is 0 Å². The Kier molecular flexibility index (Phi) is 4.68. The van der Waals surface area contributed by atoms with Gasteiger partial charge in [-0.2, -0.15) is 0 Å². The number of hydrogen-bond donors (Lipinski definition) is 1. The minimum Gasteiger partial charge on any atom is -0.383 e. The summed E-state index contributed by atoms with van der Waals surface area (Å²) in [5, 5.41) is 4.36. The molecule has 0 fully saturated rings. The van der Waals surface area contributed by atoms with E-state index in [-0.39, 0.29) is 5.82 Å². The number of rotatable bonds is 6. The summed E-state index contributed by atoms with van der Waals surface area (Å²) in [7, 11) is 0. The number of aromatic nitrogens is 1. The lowest BCUT2D eigenvalue weighted by Gasteiger charge is -2.18. The number of hydrogen-bond acceptors (Lipinski definition) is 3. The van der Waals surface area contributed by atoms with E-state index in [9.17, 15) is 4.39 Å². The van der Waals surface area contributed by atoms with Gasteiger partial charge in [0.1, 0.15) is 5.82 Å². The Hall–Kier alpha value is -1.68. The van der Waals surface area contributed by atoms with E-state index in [0.717, 1.165) is 37.3 Å². The van der Waals surface area contributed by atoms with Gasteiger partial charge in [0, 0.05) is 36.4 Å². The van der Waals surface area contributed by atoms with Gasteiger partial charge in [-0.1, -0.05) is 13.8 Å². The van der Waals surface area contributed by atoms with Crippen LogP contribution in [0, 0.1) is 5.82 Å². The SMILES string of the molecule is CCN(CC)CCNc1ccnc2cc(F)ccc12. The molecule has 0 atom stereocenters. The van der Waals surface area contributed by atoms with Crippen LogP contribution in [0.5, 0.6) is 0 Å². The van der Waals surface area contributed by atoms with Crippen molar-refractivity contribution in [2.24, 2.45) is 0 Å².